The molecule has 6 nitrogen and oxygen atoms in total. The highest BCUT2D eigenvalue weighted by molar-refractivity contribution is 5.99. The van der Waals surface area contributed by atoms with Crippen molar-refractivity contribution < 1.29 is 19.4 Å². The van der Waals surface area contributed by atoms with Gasteiger partial charge >= 0.3 is 5.97 Å². The van der Waals surface area contributed by atoms with Crippen LogP contribution in [0.15, 0.2) is 48.7 Å². The van der Waals surface area contributed by atoms with E-state index in [2.05, 4.69) is 10.3 Å². The Morgan fingerprint density at radius 3 is 2.60 bits per heavy atom. The first kappa shape index (κ1) is 13.5. The first-order valence-corrected chi connectivity index (χ1v) is 5.83. The second-order valence-electron chi connectivity index (χ2n) is 3.85. The second kappa shape index (κ2) is 6.33. The molecule has 0 saturated heterocycles. The maximum atomic E-state index is 11.7. The van der Waals surface area contributed by atoms with Crippen molar-refractivity contribution in [3.05, 3.63) is 54.2 Å². The van der Waals surface area contributed by atoms with E-state index in [4.69, 9.17) is 9.84 Å². The summed E-state index contributed by atoms with van der Waals surface area (Å²) in [6.07, 6.45) is 1.40. The lowest BCUT2D eigenvalue weighted by Crippen LogP contribution is -2.22. The van der Waals surface area contributed by atoms with Gasteiger partial charge in [-0.25, -0.2) is 9.78 Å². The molecule has 0 atom stereocenters. The fourth-order valence-electron chi connectivity index (χ4n) is 1.51. The number of hydrogen-bond acceptors (Lipinski definition) is 4. The SMILES string of the molecule is O=C(COc1ccccc1)Nc1ncccc1C(=O)O. The van der Waals surface area contributed by atoms with Crippen LogP contribution in [0.3, 0.4) is 0 Å². The lowest BCUT2D eigenvalue weighted by Gasteiger charge is -2.08. The summed E-state index contributed by atoms with van der Waals surface area (Å²) in [4.78, 5) is 26.5. The fraction of sp³-hybridized carbons (Fsp3) is 0.0714. The first-order valence-electron chi connectivity index (χ1n) is 5.83. The highest BCUT2D eigenvalue weighted by Gasteiger charge is 2.13. The predicted octanol–water partition coefficient (Wildman–Crippen LogP) is 1.80. The molecule has 1 heterocycles. The number of rotatable bonds is 5. The number of nitrogens with zero attached hydrogens (tertiary/aromatic N) is 1. The Bertz CT molecular complexity index is 614. The molecule has 0 spiro atoms. The van der Waals surface area contributed by atoms with Crippen molar-refractivity contribution in [3.63, 3.8) is 0 Å². The zero-order valence-corrected chi connectivity index (χ0v) is 10.4. The summed E-state index contributed by atoms with van der Waals surface area (Å²) in [6, 6.07) is 11.7. The number of aromatic nitrogens is 1. The summed E-state index contributed by atoms with van der Waals surface area (Å²) in [6.45, 7) is -0.223. The number of ether oxygens (including phenoxy) is 1. The molecular formula is C14H12N2O4. The van der Waals surface area contributed by atoms with E-state index in [1.807, 2.05) is 6.07 Å². The third-order valence-electron chi connectivity index (χ3n) is 2.41. The average molecular weight is 272 g/mol. The Hall–Kier alpha value is -2.89. The summed E-state index contributed by atoms with van der Waals surface area (Å²) in [5.74, 6) is -1.07. The Morgan fingerprint density at radius 1 is 1.15 bits per heavy atom. The molecule has 1 aromatic heterocycles. The molecule has 1 amide bonds. The Kier molecular flexibility index (Phi) is 4.28. The molecule has 102 valence electrons. The van der Waals surface area contributed by atoms with Crippen molar-refractivity contribution in [2.45, 2.75) is 0 Å². The molecule has 20 heavy (non-hydrogen) atoms. The molecule has 0 unspecified atom stereocenters. The molecule has 0 saturated carbocycles. The molecule has 2 rings (SSSR count). The van der Waals surface area contributed by atoms with Gasteiger partial charge in [-0.05, 0) is 24.3 Å². The zero-order valence-electron chi connectivity index (χ0n) is 10.4. The fourth-order valence-corrected chi connectivity index (χ4v) is 1.51. The number of benzene rings is 1. The van der Waals surface area contributed by atoms with Crippen molar-refractivity contribution >= 4 is 17.7 Å². The summed E-state index contributed by atoms with van der Waals surface area (Å²) >= 11 is 0. The number of carboxylic acid groups (broad SMARTS) is 1. The van der Waals surface area contributed by atoms with Crippen molar-refractivity contribution in [2.24, 2.45) is 0 Å². The van der Waals surface area contributed by atoms with Gasteiger partial charge in [-0.15, -0.1) is 0 Å². The third kappa shape index (κ3) is 3.55. The number of carbonyl (C=O) groups excluding carboxylic acids is 1. The first-order chi connectivity index (χ1) is 9.66. The van der Waals surface area contributed by atoms with Crippen LogP contribution < -0.4 is 10.1 Å². The largest absolute Gasteiger partial charge is 0.484 e. The van der Waals surface area contributed by atoms with Crippen molar-refractivity contribution in [3.8, 4) is 5.75 Å². The Balaban J connectivity index is 1.97. The quantitative estimate of drug-likeness (QED) is 0.866. The van der Waals surface area contributed by atoms with Crippen LogP contribution in [-0.2, 0) is 4.79 Å². The van der Waals surface area contributed by atoms with Crippen LogP contribution in [0, 0.1) is 0 Å². The van der Waals surface area contributed by atoms with Gasteiger partial charge in [0.15, 0.2) is 6.61 Å². The van der Waals surface area contributed by atoms with Crippen molar-refractivity contribution in [2.75, 3.05) is 11.9 Å². The van der Waals surface area contributed by atoms with Gasteiger partial charge in [0.1, 0.15) is 17.1 Å². The topological polar surface area (TPSA) is 88.5 Å². The minimum Gasteiger partial charge on any atom is -0.484 e. The maximum Gasteiger partial charge on any atom is 0.339 e. The molecule has 0 aliphatic rings. The summed E-state index contributed by atoms with van der Waals surface area (Å²) in [5, 5.41) is 11.4. The normalized spacial score (nSPS) is 9.80. The number of para-hydroxylation sites is 1. The molecule has 6 heteroatoms. The Morgan fingerprint density at radius 2 is 1.90 bits per heavy atom. The number of aromatic carboxylic acids is 1. The van der Waals surface area contributed by atoms with E-state index in [1.54, 1.807) is 24.3 Å². The van der Waals surface area contributed by atoms with E-state index in [0.29, 0.717) is 5.75 Å². The van der Waals surface area contributed by atoms with Crippen LogP contribution in [-0.4, -0.2) is 28.6 Å². The number of carboxylic acids is 1. The van der Waals surface area contributed by atoms with E-state index in [-0.39, 0.29) is 18.0 Å². The monoisotopic (exact) mass is 272 g/mol. The Labute approximate surface area is 115 Å². The van der Waals surface area contributed by atoms with Gasteiger partial charge in [-0.2, -0.15) is 0 Å². The smallest absolute Gasteiger partial charge is 0.339 e. The van der Waals surface area contributed by atoms with Crippen LogP contribution in [0.25, 0.3) is 0 Å². The standard InChI is InChI=1S/C14H12N2O4/c17-12(9-20-10-5-2-1-3-6-10)16-13-11(14(18)19)7-4-8-15-13/h1-8H,9H2,(H,18,19)(H,15,16,17). The van der Waals surface area contributed by atoms with E-state index in [9.17, 15) is 9.59 Å². The van der Waals surface area contributed by atoms with Gasteiger partial charge in [0.2, 0.25) is 0 Å². The lowest BCUT2D eigenvalue weighted by atomic mass is 10.2. The van der Waals surface area contributed by atoms with Crippen LogP contribution in [0.4, 0.5) is 5.82 Å². The maximum absolute atomic E-state index is 11.7. The number of pyridine rings is 1. The summed E-state index contributed by atoms with van der Waals surface area (Å²) in [7, 11) is 0. The molecule has 0 radical (unpaired) electrons. The van der Waals surface area contributed by atoms with Gasteiger partial charge < -0.3 is 15.2 Å². The number of anilines is 1. The molecular weight excluding hydrogens is 260 g/mol. The van der Waals surface area contributed by atoms with Crippen LogP contribution in [0.5, 0.6) is 5.75 Å². The number of hydrogen-bond donors (Lipinski definition) is 2. The number of carbonyl (C=O) groups is 2. The van der Waals surface area contributed by atoms with Gasteiger partial charge in [-0.1, -0.05) is 18.2 Å². The molecule has 0 bridgehead atoms. The molecule has 0 aliphatic carbocycles. The summed E-state index contributed by atoms with van der Waals surface area (Å²) in [5.41, 5.74) is -0.0689. The minimum absolute atomic E-state index is 0.00154. The van der Waals surface area contributed by atoms with E-state index in [0.717, 1.165) is 0 Å². The van der Waals surface area contributed by atoms with Gasteiger partial charge in [0, 0.05) is 6.20 Å². The van der Waals surface area contributed by atoms with Gasteiger partial charge in [-0.3, -0.25) is 4.79 Å². The lowest BCUT2D eigenvalue weighted by molar-refractivity contribution is -0.118. The van der Waals surface area contributed by atoms with Crippen molar-refractivity contribution in [1.29, 1.82) is 0 Å². The second-order valence-corrected chi connectivity index (χ2v) is 3.85. The molecule has 0 aliphatic heterocycles. The molecule has 2 N–H and O–H groups in total. The molecule has 2 aromatic rings. The van der Waals surface area contributed by atoms with Crippen molar-refractivity contribution in [1.82, 2.24) is 4.98 Å². The van der Waals surface area contributed by atoms with Gasteiger partial charge in [0.25, 0.3) is 5.91 Å². The third-order valence-corrected chi connectivity index (χ3v) is 2.41. The highest BCUT2D eigenvalue weighted by Crippen LogP contribution is 2.12. The van der Waals surface area contributed by atoms with Crippen LogP contribution >= 0.6 is 0 Å². The minimum atomic E-state index is -1.16. The van der Waals surface area contributed by atoms with Crippen LogP contribution in [0.2, 0.25) is 0 Å². The van der Waals surface area contributed by atoms with Gasteiger partial charge in [0.05, 0.1) is 0 Å². The molecule has 1 aromatic carbocycles. The van der Waals surface area contributed by atoms with E-state index >= 15 is 0 Å². The average Bonchev–Trinajstić information content (AvgIpc) is 2.46. The highest BCUT2D eigenvalue weighted by atomic mass is 16.5. The van der Waals surface area contributed by atoms with E-state index < -0.39 is 11.9 Å². The van der Waals surface area contributed by atoms with Crippen LogP contribution in [0.1, 0.15) is 10.4 Å². The predicted molar refractivity (Wildman–Crippen MR) is 71.8 cm³/mol. The molecule has 0 fully saturated rings. The number of nitrogens with one attached hydrogen (secondary N) is 1. The zero-order chi connectivity index (χ0) is 14.4. The number of amides is 1. The van der Waals surface area contributed by atoms with E-state index in [1.165, 1.54) is 18.3 Å². The summed E-state index contributed by atoms with van der Waals surface area (Å²) < 4.78 is 5.25.